The maximum Gasteiger partial charge on any atom is 0.271 e. The number of thiazole rings is 1. The average molecular weight is 333 g/mol. The van der Waals surface area contributed by atoms with E-state index in [2.05, 4.69) is 17.2 Å². The molecule has 1 amide bonds. The van der Waals surface area contributed by atoms with Crippen molar-refractivity contribution in [2.45, 2.75) is 38.8 Å². The number of aromatic nitrogens is 1. The van der Waals surface area contributed by atoms with Gasteiger partial charge in [-0.3, -0.25) is 4.79 Å². The summed E-state index contributed by atoms with van der Waals surface area (Å²) in [5.74, 6) is 0.652. The van der Waals surface area contributed by atoms with Gasteiger partial charge in [-0.2, -0.15) is 0 Å². The van der Waals surface area contributed by atoms with Crippen LogP contribution in [0.5, 0.6) is 5.75 Å². The van der Waals surface area contributed by atoms with Gasteiger partial charge in [-0.15, -0.1) is 11.3 Å². The maximum absolute atomic E-state index is 12.4. The average Bonchev–Trinajstić information content (AvgIpc) is 3.08. The molecule has 2 aromatic rings. The highest BCUT2D eigenvalue weighted by atomic mass is 32.1. The number of nitrogens with two attached hydrogens (primary N) is 1. The van der Waals surface area contributed by atoms with E-state index < -0.39 is 0 Å². The molecule has 1 unspecified atom stereocenters. The third-order valence-electron chi connectivity index (χ3n) is 3.63. The second kappa shape index (κ2) is 8.64. The Hall–Kier alpha value is -1.92. The highest BCUT2D eigenvalue weighted by molar-refractivity contribution is 7.09. The van der Waals surface area contributed by atoms with Crippen LogP contribution in [0.25, 0.3) is 0 Å². The quantitative estimate of drug-likeness (QED) is 0.777. The van der Waals surface area contributed by atoms with Gasteiger partial charge in [0.25, 0.3) is 5.91 Å². The van der Waals surface area contributed by atoms with Crippen molar-refractivity contribution in [1.82, 2.24) is 10.3 Å². The molecule has 2 rings (SSSR count). The molecule has 124 valence electrons. The Bertz CT molecular complexity index is 625. The van der Waals surface area contributed by atoms with Crippen LogP contribution in [0.3, 0.4) is 0 Å². The van der Waals surface area contributed by atoms with Crippen molar-refractivity contribution in [3.63, 3.8) is 0 Å². The molecule has 1 aromatic carbocycles. The number of methoxy groups -OCH3 is 1. The van der Waals surface area contributed by atoms with E-state index in [1.807, 2.05) is 24.3 Å². The number of carbonyl (C=O) groups is 1. The van der Waals surface area contributed by atoms with Gasteiger partial charge in [-0.1, -0.05) is 31.9 Å². The molecule has 0 fully saturated rings. The topological polar surface area (TPSA) is 77.2 Å². The van der Waals surface area contributed by atoms with Gasteiger partial charge in [0.15, 0.2) is 0 Å². The van der Waals surface area contributed by atoms with Gasteiger partial charge in [-0.25, -0.2) is 4.98 Å². The molecule has 0 saturated heterocycles. The van der Waals surface area contributed by atoms with Gasteiger partial charge in [0.05, 0.1) is 13.2 Å². The van der Waals surface area contributed by atoms with Gasteiger partial charge in [0, 0.05) is 11.9 Å². The Morgan fingerprint density at radius 3 is 2.70 bits per heavy atom. The number of hydrogen-bond acceptors (Lipinski definition) is 5. The van der Waals surface area contributed by atoms with Crippen molar-refractivity contribution in [2.24, 2.45) is 5.73 Å². The third kappa shape index (κ3) is 4.77. The first-order valence-electron chi connectivity index (χ1n) is 7.77. The first kappa shape index (κ1) is 17.4. The molecule has 0 aliphatic carbocycles. The lowest BCUT2D eigenvalue weighted by Gasteiger charge is -2.19. The molecule has 0 bridgehead atoms. The number of ether oxygens (including phenoxy) is 1. The van der Waals surface area contributed by atoms with Crippen molar-refractivity contribution >= 4 is 17.2 Å². The molecule has 3 N–H and O–H groups in total. The Balaban J connectivity index is 2.11. The maximum atomic E-state index is 12.4. The molecule has 5 nitrogen and oxygen atoms in total. The normalized spacial score (nSPS) is 12.0. The predicted molar refractivity (Wildman–Crippen MR) is 92.7 cm³/mol. The van der Waals surface area contributed by atoms with E-state index in [-0.39, 0.29) is 11.9 Å². The molecule has 0 radical (unpaired) electrons. The zero-order valence-electron chi connectivity index (χ0n) is 13.5. The highest BCUT2D eigenvalue weighted by Gasteiger charge is 2.17. The lowest BCUT2D eigenvalue weighted by atomic mass is 10.0. The third-order valence-corrected chi connectivity index (χ3v) is 4.50. The van der Waals surface area contributed by atoms with Gasteiger partial charge in [-0.05, 0) is 24.1 Å². The van der Waals surface area contributed by atoms with Crippen molar-refractivity contribution < 1.29 is 9.53 Å². The van der Waals surface area contributed by atoms with Crippen LogP contribution in [-0.4, -0.2) is 18.0 Å². The van der Waals surface area contributed by atoms with Crippen molar-refractivity contribution in [1.29, 1.82) is 0 Å². The van der Waals surface area contributed by atoms with E-state index in [9.17, 15) is 4.79 Å². The van der Waals surface area contributed by atoms with Crippen LogP contribution in [0, 0.1) is 0 Å². The number of hydrogen-bond donors (Lipinski definition) is 2. The van der Waals surface area contributed by atoms with Crippen LogP contribution in [-0.2, 0) is 6.54 Å². The summed E-state index contributed by atoms with van der Waals surface area (Å²) in [6, 6.07) is 7.78. The zero-order chi connectivity index (χ0) is 16.7. The number of carbonyl (C=O) groups excluding carboxylic acids is 1. The van der Waals surface area contributed by atoms with Crippen molar-refractivity contribution in [3.8, 4) is 5.75 Å². The summed E-state index contributed by atoms with van der Waals surface area (Å²) in [4.78, 5) is 16.7. The van der Waals surface area contributed by atoms with E-state index in [0.29, 0.717) is 12.2 Å². The number of unbranched alkanes of at least 4 members (excludes halogenated alkanes) is 1. The monoisotopic (exact) mass is 333 g/mol. The van der Waals surface area contributed by atoms with Crippen LogP contribution < -0.4 is 15.8 Å². The zero-order valence-corrected chi connectivity index (χ0v) is 14.4. The lowest BCUT2D eigenvalue weighted by Crippen LogP contribution is -2.29. The fourth-order valence-electron chi connectivity index (χ4n) is 2.31. The summed E-state index contributed by atoms with van der Waals surface area (Å²) in [5, 5.41) is 5.60. The number of benzene rings is 1. The molecule has 0 aliphatic rings. The summed E-state index contributed by atoms with van der Waals surface area (Å²) in [6.07, 6.45) is 3.01. The van der Waals surface area contributed by atoms with E-state index in [1.54, 1.807) is 12.5 Å². The van der Waals surface area contributed by atoms with Gasteiger partial charge >= 0.3 is 0 Å². The van der Waals surface area contributed by atoms with E-state index >= 15 is 0 Å². The van der Waals surface area contributed by atoms with Crippen LogP contribution in [0.4, 0.5) is 0 Å². The van der Waals surface area contributed by atoms with E-state index in [0.717, 1.165) is 35.6 Å². The number of amides is 1. The Morgan fingerprint density at radius 2 is 2.13 bits per heavy atom. The van der Waals surface area contributed by atoms with Gasteiger partial charge in [0.1, 0.15) is 16.5 Å². The first-order chi connectivity index (χ1) is 11.2. The fourth-order valence-corrected chi connectivity index (χ4v) is 2.96. The molecular formula is C17H23N3O2S. The summed E-state index contributed by atoms with van der Waals surface area (Å²) in [7, 11) is 1.64. The fraction of sp³-hybridized carbons (Fsp3) is 0.412. The van der Waals surface area contributed by atoms with Crippen LogP contribution >= 0.6 is 11.3 Å². The Morgan fingerprint density at radius 1 is 1.39 bits per heavy atom. The number of rotatable bonds is 8. The molecule has 1 atom stereocenters. The number of nitrogens with zero attached hydrogens (tertiary/aromatic N) is 1. The molecular weight excluding hydrogens is 310 g/mol. The largest absolute Gasteiger partial charge is 0.497 e. The van der Waals surface area contributed by atoms with Gasteiger partial charge < -0.3 is 15.8 Å². The van der Waals surface area contributed by atoms with E-state index in [1.165, 1.54) is 11.3 Å². The SMILES string of the molecule is CCCCC(NC(=O)c1csc(CN)n1)c1ccc(OC)cc1. The van der Waals surface area contributed by atoms with Crippen LogP contribution in [0.2, 0.25) is 0 Å². The minimum Gasteiger partial charge on any atom is -0.497 e. The van der Waals surface area contributed by atoms with Crippen LogP contribution in [0.15, 0.2) is 29.6 Å². The molecule has 0 aliphatic heterocycles. The molecule has 1 heterocycles. The predicted octanol–water partition coefficient (Wildman–Crippen LogP) is 3.27. The summed E-state index contributed by atoms with van der Waals surface area (Å²) >= 11 is 1.41. The second-order valence-electron chi connectivity index (χ2n) is 5.27. The smallest absolute Gasteiger partial charge is 0.271 e. The van der Waals surface area contributed by atoms with Crippen molar-refractivity contribution in [2.75, 3.05) is 7.11 Å². The standard InChI is InChI=1S/C17H23N3O2S/c1-3-4-5-14(12-6-8-13(22-2)9-7-12)20-17(21)15-11-23-16(10-18)19-15/h6-9,11,14H,3-5,10,18H2,1-2H3,(H,20,21). The Labute approximate surface area is 140 Å². The lowest BCUT2D eigenvalue weighted by molar-refractivity contribution is 0.0929. The van der Waals surface area contributed by atoms with Crippen LogP contribution in [0.1, 0.15) is 53.3 Å². The molecule has 23 heavy (non-hydrogen) atoms. The summed E-state index contributed by atoms with van der Waals surface area (Å²) in [5.41, 5.74) is 7.06. The number of nitrogens with one attached hydrogen (secondary N) is 1. The molecule has 0 spiro atoms. The highest BCUT2D eigenvalue weighted by Crippen LogP contribution is 2.23. The Kier molecular flexibility index (Phi) is 6.55. The van der Waals surface area contributed by atoms with E-state index in [4.69, 9.17) is 10.5 Å². The molecule has 6 heteroatoms. The van der Waals surface area contributed by atoms with Gasteiger partial charge in [0.2, 0.25) is 0 Å². The minimum atomic E-state index is -0.155. The minimum absolute atomic E-state index is 0.0311. The molecule has 0 saturated carbocycles. The second-order valence-corrected chi connectivity index (χ2v) is 6.21. The summed E-state index contributed by atoms with van der Waals surface area (Å²) < 4.78 is 5.19. The first-order valence-corrected chi connectivity index (χ1v) is 8.65. The molecule has 1 aromatic heterocycles. The summed E-state index contributed by atoms with van der Waals surface area (Å²) in [6.45, 7) is 2.50. The van der Waals surface area contributed by atoms with Crippen molar-refractivity contribution in [3.05, 3.63) is 45.9 Å².